The summed E-state index contributed by atoms with van der Waals surface area (Å²) in [5, 5.41) is 19.6. The summed E-state index contributed by atoms with van der Waals surface area (Å²) in [5.41, 5.74) is 2.01. The van der Waals surface area contributed by atoms with Crippen LogP contribution in [0, 0.1) is 5.41 Å². The molecular formula is C25H36O5. The highest BCUT2D eigenvalue weighted by atomic mass is 16.6. The second-order valence-corrected chi connectivity index (χ2v) is 9.53. The number of carboxylic acids is 1. The summed E-state index contributed by atoms with van der Waals surface area (Å²) in [7, 11) is 0. The van der Waals surface area contributed by atoms with Crippen LogP contribution in [0.1, 0.15) is 80.6 Å². The molecule has 2 N–H and O–H groups in total. The van der Waals surface area contributed by atoms with Gasteiger partial charge in [0.2, 0.25) is 0 Å². The van der Waals surface area contributed by atoms with Crippen LogP contribution in [0.5, 0.6) is 0 Å². The molecule has 0 unspecified atom stereocenters. The average molecular weight is 417 g/mol. The third-order valence-electron chi connectivity index (χ3n) is 6.71. The van der Waals surface area contributed by atoms with Crippen molar-refractivity contribution in [1.82, 2.24) is 0 Å². The zero-order chi connectivity index (χ0) is 22.9. The summed E-state index contributed by atoms with van der Waals surface area (Å²) in [6.45, 7) is 13.3. The Balaban J connectivity index is 1.97. The second-order valence-electron chi connectivity index (χ2n) is 9.53. The molecule has 0 saturated carbocycles. The quantitative estimate of drug-likeness (QED) is 0.365. The van der Waals surface area contributed by atoms with Gasteiger partial charge in [-0.3, -0.25) is 4.79 Å². The molecule has 1 heterocycles. The highest BCUT2D eigenvalue weighted by Gasteiger charge is 2.46. The highest BCUT2D eigenvalue weighted by Crippen LogP contribution is 2.43. The van der Waals surface area contributed by atoms with E-state index in [4.69, 9.17) is 4.74 Å². The van der Waals surface area contributed by atoms with Gasteiger partial charge < -0.3 is 14.9 Å². The summed E-state index contributed by atoms with van der Waals surface area (Å²) in [4.78, 5) is 24.4. The summed E-state index contributed by atoms with van der Waals surface area (Å²) in [6.07, 6.45) is 9.01. The van der Waals surface area contributed by atoms with Crippen molar-refractivity contribution >= 4 is 11.8 Å². The van der Waals surface area contributed by atoms with E-state index in [2.05, 4.69) is 26.8 Å². The third kappa shape index (κ3) is 5.12. The van der Waals surface area contributed by atoms with Gasteiger partial charge in [0.05, 0.1) is 17.1 Å². The number of epoxide rings is 1. The van der Waals surface area contributed by atoms with Gasteiger partial charge in [0.25, 0.3) is 0 Å². The van der Waals surface area contributed by atoms with Crippen molar-refractivity contribution in [1.29, 1.82) is 0 Å². The van der Waals surface area contributed by atoms with Crippen LogP contribution in [0.25, 0.3) is 0 Å². The summed E-state index contributed by atoms with van der Waals surface area (Å²) in [5.74, 6) is -1.83. The molecule has 0 aromatic rings. The molecule has 2 rings (SSSR count). The second kappa shape index (κ2) is 8.93. The van der Waals surface area contributed by atoms with Gasteiger partial charge >= 0.3 is 5.97 Å². The van der Waals surface area contributed by atoms with E-state index in [1.165, 1.54) is 18.1 Å². The molecule has 1 aliphatic heterocycles. The molecule has 1 fully saturated rings. The molecule has 5 nitrogen and oxygen atoms in total. The fraction of sp³-hybridized carbons (Fsp3) is 0.600. The molecule has 0 aromatic heterocycles. The number of hydrogen-bond donors (Lipinski definition) is 2. The lowest BCUT2D eigenvalue weighted by Gasteiger charge is -2.34. The number of carbonyl (C=O) groups excluding carboxylic acids is 1. The normalized spacial score (nSPS) is 27.0. The van der Waals surface area contributed by atoms with Crippen LogP contribution in [-0.4, -0.2) is 33.7 Å². The maximum atomic E-state index is 12.8. The molecule has 0 spiro atoms. The lowest BCUT2D eigenvalue weighted by molar-refractivity contribution is -0.133. The third-order valence-corrected chi connectivity index (χ3v) is 6.71. The molecule has 166 valence electrons. The van der Waals surface area contributed by atoms with E-state index in [9.17, 15) is 19.8 Å². The number of aliphatic carboxylic acids is 1. The van der Waals surface area contributed by atoms with Gasteiger partial charge in [-0.2, -0.15) is 0 Å². The molecule has 0 amide bonds. The number of ketones is 1. The summed E-state index contributed by atoms with van der Waals surface area (Å²) in [6, 6.07) is 0. The van der Waals surface area contributed by atoms with E-state index in [1.807, 2.05) is 13.0 Å². The van der Waals surface area contributed by atoms with Gasteiger partial charge in [-0.05, 0) is 86.1 Å². The Bertz CT molecular complexity index is 853. The van der Waals surface area contributed by atoms with Gasteiger partial charge in [0, 0.05) is 5.57 Å². The first kappa shape index (κ1) is 24.1. The minimum absolute atomic E-state index is 0.0453. The predicted molar refractivity (Wildman–Crippen MR) is 118 cm³/mol. The Morgan fingerprint density at radius 3 is 2.20 bits per heavy atom. The van der Waals surface area contributed by atoms with Crippen molar-refractivity contribution in [3.8, 4) is 0 Å². The zero-order valence-corrected chi connectivity index (χ0v) is 19.4. The number of carboxylic acid groups (broad SMARTS) is 1. The Hall–Kier alpha value is -2.14. The van der Waals surface area contributed by atoms with Gasteiger partial charge in [-0.15, -0.1) is 0 Å². The number of rotatable bonds is 9. The predicted octanol–water partition coefficient (Wildman–Crippen LogP) is 5.83. The lowest BCUT2D eigenvalue weighted by Crippen LogP contribution is -2.36. The highest BCUT2D eigenvalue weighted by molar-refractivity contribution is 6.08. The van der Waals surface area contributed by atoms with Crippen molar-refractivity contribution in [2.24, 2.45) is 5.41 Å². The molecule has 0 bridgehead atoms. The van der Waals surface area contributed by atoms with Crippen molar-refractivity contribution in [2.45, 2.75) is 92.3 Å². The van der Waals surface area contributed by atoms with Gasteiger partial charge in [0.15, 0.2) is 5.78 Å². The van der Waals surface area contributed by atoms with Crippen molar-refractivity contribution in [3.05, 3.63) is 45.8 Å². The molecule has 1 aliphatic carbocycles. The monoisotopic (exact) mass is 416 g/mol. The maximum absolute atomic E-state index is 12.8. The Kier molecular flexibility index (Phi) is 7.18. The first-order valence-electron chi connectivity index (χ1n) is 10.7. The largest absolute Gasteiger partial charge is 0.507 e. The zero-order valence-electron chi connectivity index (χ0n) is 19.4. The molecule has 2 atom stereocenters. The first-order valence-corrected chi connectivity index (χ1v) is 10.7. The van der Waals surface area contributed by atoms with E-state index in [0.29, 0.717) is 18.1 Å². The minimum atomic E-state index is -1.20. The Morgan fingerprint density at radius 1 is 1.10 bits per heavy atom. The molecule has 1 saturated heterocycles. The average Bonchev–Trinajstić information content (AvgIpc) is 3.28. The number of ether oxygens (including phenoxy) is 1. The summed E-state index contributed by atoms with van der Waals surface area (Å²) >= 11 is 0. The standard InChI is InChI=1S/C25H36O5/c1-15(11-12-19-24(5,6)30-19)9-8-10-16(2)13-14-25(7)18(4)20(23(28)29)21(26)17(3)22(25)27/h9,13,19,26H,8,10-12,14H2,1-7H3,(H,28,29)/b15-9+,16-13+/t19-,25+/m0/s1. The van der Waals surface area contributed by atoms with Crippen molar-refractivity contribution in [3.63, 3.8) is 0 Å². The fourth-order valence-electron chi connectivity index (χ4n) is 4.07. The lowest BCUT2D eigenvalue weighted by atomic mass is 9.68. The molecule has 0 radical (unpaired) electrons. The molecule has 5 heteroatoms. The molecular weight excluding hydrogens is 380 g/mol. The van der Waals surface area contributed by atoms with E-state index in [0.717, 1.165) is 25.7 Å². The number of allylic oxidation sites excluding steroid dienone is 6. The first-order chi connectivity index (χ1) is 13.8. The van der Waals surface area contributed by atoms with Gasteiger partial charge in [0.1, 0.15) is 11.3 Å². The molecule has 30 heavy (non-hydrogen) atoms. The van der Waals surface area contributed by atoms with Crippen LogP contribution in [0.4, 0.5) is 0 Å². The van der Waals surface area contributed by atoms with Crippen LogP contribution < -0.4 is 0 Å². The maximum Gasteiger partial charge on any atom is 0.339 e. The van der Waals surface area contributed by atoms with Crippen LogP contribution >= 0.6 is 0 Å². The van der Waals surface area contributed by atoms with Crippen LogP contribution in [0.3, 0.4) is 0 Å². The van der Waals surface area contributed by atoms with Crippen molar-refractivity contribution in [2.75, 3.05) is 0 Å². The van der Waals surface area contributed by atoms with E-state index < -0.39 is 17.1 Å². The van der Waals surface area contributed by atoms with Gasteiger partial charge in [-0.25, -0.2) is 4.79 Å². The van der Waals surface area contributed by atoms with E-state index >= 15 is 0 Å². The number of aliphatic hydroxyl groups is 1. The smallest absolute Gasteiger partial charge is 0.339 e. The number of carbonyl (C=O) groups is 2. The topological polar surface area (TPSA) is 87.1 Å². The Labute approximate surface area is 180 Å². The SMILES string of the molecule is CC1=C(O)C(C(=O)O)=C(C)[C@@](C)(C/C=C(\C)CC/C=C(\C)CC[C@@H]2OC2(C)C)C1=O. The van der Waals surface area contributed by atoms with E-state index in [-0.39, 0.29) is 22.5 Å². The van der Waals surface area contributed by atoms with E-state index in [1.54, 1.807) is 13.8 Å². The van der Waals surface area contributed by atoms with Crippen LogP contribution in [0.15, 0.2) is 45.8 Å². The summed E-state index contributed by atoms with van der Waals surface area (Å²) < 4.78 is 5.63. The van der Waals surface area contributed by atoms with Crippen LogP contribution in [-0.2, 0) is 14.3 Å². The number of Topliss-reactive ketones (excluding diaryl/α,β-unsaturated/α-hetero) is 1. The minimum Gasteiger partial charge on any atom is -0.507 e. The molecule has 0 aromatic carbocycles. The fourth-order valence-corrected chi connectivity index (χ4v) is 4.07. The van der Waals surface area contributed by atoms with Gasteiger partial charge in [-0.1, -0.05) is 23.3 Å². The van der Waals surface area contributed by atoms with Crippen molar-refractivity contribution < 1.29 is 24.5 Å². The number of hydrogen-bond acceptors (Lipinski definition) is 4. The van der Waals surface area contributed by atoms with Crippen LogP contribution in [0.2, 0.25) is 0 Å². The number of aliphatic hydroxyl groups excluding tert-OH is 1. The molecule has 2 aliphatic rings. The Morgan fingerprint density at radius 2 is 1.67 bits per heavy atom.